The fraction of sp³-hybridized carbons (Fsp3) is 0.0588. The van der Waals surface area contributed by atoms with Gasteiger partial charge in [0, 0.05) is 10.6 Å². The maximum atomic E-state index is 6.00. The molecular weight excluding hydrogens is 330 g/mol. The monoisotopic (exact) mass is 341 g/mol. The molecular formula is C17H12ClN3OS. The Kier molecular flexibility index (Phi) is 3.81. The van der Waals surface area contributed by atoms with Crippen molar-refractivity contribution >= 4 is 34.4 Å². The van der Waals surface area contributed by atoms with Gasteiger partial charge in [-0.25, -0.2) is 9.97 Å². The molecule has 1 N–H and O–H groups in total. The highest BCUT2D eigenvalue weighted by atomic mass is 35.5. The van der Waals surface area contributed by atoms with E-state index in [1.165, 1.54) is 0 Å². The number of nitrogens with one attached hydrogen (secondary N) is 1. The molecule has 0 aliphatic carbocycles. The van der Waals surface area contributed by atoms with Gasteiger partial charge in [0.05, 0.1) is 23.0 Å². The highest BCUT2D eigenvalue weighted by Gasteiger charge is 2.09. The predicted octanol–water partition coefficient (Wildman–Crippen LogP) is 5.16. The van der Waals surface area contributed by atoms with Gasteiger partial charge < -0.3 is 9.40 Å². The highest BCUT2D eigenvalue weighted by Crippen LogP contribution is 2.27. The van der Waals surface area contributed by atoms with E-state index in [9.17, 15) is 0 Å². The molecule has 0 unspecified atom stereocenters. The summed E-state index contributed by atoms with van der Waals surface area (Å²) in [5.41, 5.74) is 2.91. The van der Waals surface area contributed by atoms with Crippen LogP contribution in [0, 0.1) is 0 Å². The molecule has 4 rings (SSSR count). The van der Waals surface area contributed by atoms with E-state index >= 15 is 0 Å². The number of aromatic nitrogens is 3. The van der Waals surface area contributed by atoms with Gasteiger partial charge in [0.15, 0.2) is 10.9 Å². The maximum Gasteiger partial charge on any atom is 0.205 e. The van der Waals surface area contributed by atoms with Crippen molar-refractivity contribution in [2.24, 2.45) is 0 Å². The first-order chi connectivity index (χ1) is 11.3. The zero-order chi connectivity index (χ0) is 15.6. The number of oxazole rings is 1. The van der Waals surface area contributed by atoms with E-state index in [0.717, 1.165) is 21.8 Å². The largest absolute Gasteiger partial charge is 0.440 e. The second-order valence-electron chi connectivity index (χ2n) is 4.98. The smallest absolute Gasteiger partial charge is 0.205 e. The van der Waals surface area contributed by atoms with E-state index in [1.807, 2.05) is 48.5 Å². The van der Waals surface area contributed by atoms with Gasteiger partial charge in [-0.15, -0.1) is 0 Å². The van der Waals surface area contributed by atoms with Gasteiger partial charge in [-0.2, -0.15) is 0 Å². The number of nitrogens with zero attached hydrogens (tertiary/aromatic N) is 2. The van der Waals surface area contributed by atoms with Gasteiger partial charge in [0.2, 0.25) is 5.89 Å². The van der Waals surface area contributed by atoms with E-state index < -0.39 is 0 Å². The van der Waals surface area contributed by atoms with Crippen LogP contribution in [0.3, 0.4) is 0 Å². The van der Waals surface area contributed by atoms with Crippen molar-refractivity contribution in [1.82, 2.24) is 15.0 Å². The first-order valence-electron chi connectivity index (χ1n) is 7.06. The number of hydrogen-bond acceptors (Lipinski definition) is 4. The average molecular weight is 342 g/mol. The van der Waals surface area contributed by atoms with Crippen LogP contribution in [0.5, 0.6) is 0 Å². The molecule has 4 aromatic rings. The van der Waals surface area contributed by atoms with E-state index in [-0.39, 0.29) is 0 Å². The van der Waals surface area contributed by atoms with Gasteiger partial charge in [-0.3, -0.25) is 0 Å². The number of fused-ring (bicyclic) bond motifs is 1. The molecule has 23 heavy (non-hydrogen) atoms. The van der Waals surface area contributed by atoms with Crippen molar-refractivity contribution in [3.8, 4) is 11.3 Å². The molecule has 0 aliphatic rings. The van der Waals surface area contributed by atoms with E-state index in [0.29, 0.717) is 22.4 Å². The van der Waals surface area contributed by atoms with Gasteiger partial charge >= 0.3 is 0 Å². The Bertz CT molecular complexity index is 930. The third-order valence-electron chi connectivity index (χ3n) is 3.36. The minimum Gasteiger partial charge on any atom is -0.440 e. The maximum absolute atomic E-state index is 6.00. The molecule has 0 spiro atoms. The van der Waals surface area contributed by atoms with Crippen molar-refractivity contribution in [3.05, 3.63) is 65.6 Å². The number of aromatic amines is 1. The van der Waals surface area contributed by atoms with Gasteiger partial charge in [0.1, 0.15) is 0 Å². The SMILES string of the molecule is Clc1cccc(-c2cnc(CSc3nc4ccccc4[nH]3)o2)c1. The Morgan fingerprint density at radius 3 is 2.91 bits per heavy atom. The van der Waals surface area contributed by atoms with E-state index in [2.05, 4.69) is 15.0 Å². The average Bonchev–Trinajstić information content (AvgIpc) is 3.19. The van der Waals surface area contributed by atoms with Crippen LogP contribution < -0.4 is 0 Å². The van der Waals surface area contributed by atoms with Crippen LogP contribution in [0.25, 0.3) is 22.4 Å². The third-order valence-corrected chi connectivity index (χ3v) is 4.46. The van der Waals surface area contributed by atoms with Crippen molar-refractivity contribution in [2.45, 2.75) is 10.9 Å². The summed E-state index contributed by atoms with van der Waals surface area (Å²) in [6.45, 7) is 0. The third kappa shape index (κ3) is 3.11. The van der Waals surface area contributed by atoms with Crippen LogP contribution in [0.15, 0.2) is 64.3 Å². The van der Waals surface area contributed by atoms with Crippen LogP contribution >= 0.6 is 23.4 Å². The van der Waals surface area contributed by atoms with Crippen LogP contribution in [0.1, 0.15) is 5.89 Å². The topological polar surface area (TPSA) is 54.7 Å². The minimum absolute atomic E-state index is 0.611. The first-order valence-corrected chi connectivity index (χ1v) is 8.42. The molecule has 114 valence electrons. The van der Waals surface area contributed by atoms with E-state index in [4.69, 9.17) is 16.0 Å². The Morgan fingerprint density at radius 1 is 1.13 bits per heavy atom. The minimum atomic E-state index is 0.611. The molecule has 2 heterocycles. The summed E-state index contributed by atoms with van der Waals surface area (Å²) < 4.78 is 5.79. The summed E-state index contributed by atoms with van der Waals surface area (Å²) >= 11 is 7.56. The molecule has 0 bridgehead atoms. The van der Waals surface area contributed by atoms with Gasteiger partial charge in [-0.1, -0.05) is 47.6 Å². The highest BCUT2D eigenvalue weighted by molar-refractivity contribution is 7.98. The Hall–Kier alpha value is -2.24. The Morgan fingerprint density at radius 2 is 2.04 bits per heavy atom. The number of para-hydroxylation sites is 2. The molecule has 0 saturated heterocycles. The van der Waals surface area contributed by atoms with Crippen LogP contribution in [-0.4, -0.2) is 15.0 Å². The molecule has 0 saturated carbocycles. The summed E-state index contributed by atoms with van der Waals surface area (Å²) in [5.74, 6) is 1.98. The van der Waals surface area contributed by atoms with Gasteiger partial charge in [-0.05, 0) is 24.3 Å². The fourth-order valence-corrected chi connectivity index (χ4v) is 3.21. The molecule has 0 amide bonds. The molecule has 0 fully saturated rings. The second-order valence-corrected chi connectivity index (χ2v) is 6.38. The normalized spacial score (nSPS) is 11.2. The van der Waals surface area contributed by atoms with Crippen molar-refractivity contribution < 1.29 is 4.42 Å². The quantitative estimate of drug-likeness (QED) is 0.521. The van der Waals surface area contributed by atoms with Crippen molar-refractivity contribution in [1.29, 1.82) is 0 Å². The lowest BCUT2D eigenvalue weighted by Gasteiger charge is -1.97. The number of hydrogen-bond donors (Lipinski definition) is 1. The van der Waals surface area contributed by atoms with Crippen molar-refractivity contribution in [2.75, 3.05) is 0 Å². The fourth-order valence-electron chi connectivity index (χ4n) is 2.28. The number of benzene rings is 2. The molecule has 0 radical (unpaired) electrons. The van der Waals surface area contributed by atoms with Crippen LogP contribution in [0.2, 0.25) is 5.02 Å². The molecule has 0 aliphatic heterocycles. The van der Waals surface area contributed by atoms with Crippen molar-refractivity contribution in [3.63, 3.8) is 0 Å². The summed E-state index contributed by atoms with van der Waals surface area (Å²) in [7, 11) is 0. The Labute approximate surface area is 141 Å². The molecule has 2 aromatic carbocycles. The van der Waals surface area contributed by atoms with E-state index in [1.54, 1.807) is 18.0 Å². The zero-order valence-corrected chi connectivity index (χ0v) is 13.6. The molecule has 4 nitrogen and oxygen atoms in total. The summed E-state index contributed by atoms with van der Waals surface area (Å²) in [4.78, 5) is 12.1. The number of rotatable bonds is 4. The lowest BCUT2D eigenvalue weighted by molar-refractivity contribution is 0.530. The second kappa shape index (κ2) is 6.10. The first kappa shape index (κ1) is 14.4. The van der Waals surface area contributed by atoms with Crippen LogP contribution in [-0.2, 0) is 5.75 Å². The summed E-state index contributed by atoms with van der Waals surface area (Å²) in [6, 6.07) is 15.5. The lowest BCUT2D eigenvalue weighted by atomic mass is 10.2. The zero-order valence-electron chi connectivity index (χ0n) is 12.0. The van der Waals surface area contributed by atoms with Gasteiger partial charge in [0.25, 0.3) is 0 Å². The van der Waals surface area contributed by atoms with Crippen LogP contribution in [0.4, 0.5) is 0 Å². The molecule has 6 heteroatoms. The number of imidazole rings is 1. The lowest BCUT2D eigenvalue weighted by Crippen LogP contribution is -1.80. The predicted molar refractivity (Wildman–Crippen MR) is 92.6 cm³/mol. The summed E-state index contributed by atoms with van der Waals surface area (Å²) in [6.07, 6.45) is 1.72. The molecule has 2 aromatic heterocycles. The standard InChI is InChI=1S/C17H12ClN3OS/c18-12-5-3-4-11(8-12)15-9-19-16(22-15)10-23-17-20-13-6-1-2-7-14(13)21-17/h1-9H,10H2,(H,20,21). The molecule has 0 atom stereocenters. The summed E-state index contributed by atoms with van der Waals surface area (Å²) in [5, 5.41) is 1.53. The Balaban J connectivity index is 1.49. The number of halogens is 1. The number of H-pyrrole nitrogens is 1. The number of thioether (sulfide) groups is 1.